The van der Waals surface area contributed by atoms with E-state index in [-0.39, 0.29) is 6.79 Å². The van der Waals surface area contributed by atoms with Crippen LogP contribution in [0.25, 0.3) is 6.08 Å². The van der Waals surface area contributed by atoms with Crippen molar-refractivity contribution in [2.75, 3.05) is 6.79 Å². The van der Waals surface area contributed by atoms with Crippen molar-refractivity contribution in [1.29, 1.82) is 0 Å². The van der Waals surface area contributed by atoms with Gasteiger partial charge in [0.15, 0.2) is 11.5 Å². The number of fused-ring (bicyclic) bond motifs is 1. The average Bonchev–Trinajstić information content (AvgIpc) is 2.63. The highest BCUT2D eigenvalue weighted by atomic mass is 79.9. The first kappa shape index (κ1) is 9.97. The minimum Gasteiger partial charge on any atom is -0.454 e. The summed E-state index contributed by atoms with van der Waals surface area (Å²) < 4.78 is 11.1. The van der Waals surface area contributed by atoms with Crippen molar-refractivity contribution in [3.63, 3.8) is 0 Å². The Morgan fingerprint density at radius 3 is 3.00 bits per heavy atom. The van der Waals surface area contributed by atoms with Gasteiger partial charge in [-0.15, -0.1) is 0 Å². The first-order valence-electron chi connectivity index (χ1n) is 4.07. The van der Waals surface area contributed by atoms with E-state index in [0.29, 0.717) is 17.1 Å². The maximum Gasteiger partial charge on any atom is 0.235 e. The summed E-state index contributed by atoms with van der Waals surface area (Å²) in [5.74, 6) is 1.22. The highest BCUT2D eigenvalue weighted by Crippen LogP contribution is 2.40. The Morgan fingerprint density at radius 2 is 2.27 bits per heavy atom. The van der Waals surface area contributed by atoms with Crippen molar-refractivity contribution < 1.29 is 14.4 Å². The summed E-state index contributed by atoms with van der Waals surface area (Å²) in [7, 11) is 0. The zero-order chi connectivity index (χ0) is 10.8. The first-order chi connectivity index (χ1) is 7.16. The fourth-order valence-electron chi connectivity index (χ4n) is 1.23. The number of hydrogen-bond acceptors (Lipinski definition) is 4. The number of nitro groups is 1. The van der Waals surface area contributed by atoms with Gasteiger partial charge in [0.2, 0.25) is 13.0 Å². The molecule has 1 aromatic rings. The third-order valence-electron chi connectivity index (χ3n) is 1.84. The number of hydrogen-bond donors (Lipinski definition) is 0. The van der Waals surface area contributed by atoms with Gasteiger partial charge in [-0.05, 0) is 33.6 Å². The molecule has 0 spiro atoms. The summed E-state index contributed by atoms with van der Waals surface area (Å²) in [6, 6.07) is 3.42. The Balaban J connectivity index is 2.35. The predicted molar refractivity (Wildman–Crippen MR) is 56.3 cm³/mol. The summed E-state index contributed by atoms with van der Waals surface area (Å²) in [6.45, 7) is 0.177. The highest BCUT2D eigenvalue weighted by molar-refractivity contribution is 9.10. The second kappa shape index (κ2) is 3.90. The number of rotatable bonds is 2. The Morgan fingerprint density at radius 1 is 1.47 bits per heavy atom. The fourth-order valence-corrected chi connectivity index (χ4v) is 1.80. The Bertz CT molecular complexity index is 444. The second-order valence-electron chi connectivity index (χ2n) is 2.84. The van der Waals surface area contributed by atoms with Crippen LogP contribution in [-0.2, 0) is 0 Å². The molecule has 0 aromatic heterocycles. The van der Waals surface area contributed by atoms with E-state index in [2.05, 4.69) is 15.9 Å². The third-order valence-corrected chi connectivity index (χ3v) is 2.43. The quantitative estimate of drug-likeness (QED) is 0.612. The van der Waals surface area contributed by atoms with E-state index in [1.54, 1.807) is 12.1 Å². The molecule has 1 aliphatic heterocycles. The van der Waals surface area contributed by atoms with Gasteiger partial charge in [-0.2, -0.15) is 0 Å². The van der Waals surface area contributed by atoms with Gasteiger partial charge < -0.3 is 9.47 Å². The molecule has 0 saturated heterocycles. The van der Waals surface area contributed by atoms with E-state index in [1.165, 1.54) is 6.08 Å². The lowest BCUT2D eigenvalue weighted by Crippen LogP contribution is -1.93. The predicted octanol–water partition coefficient (Wildman–Crippen LogP) is 2.43. The zero-order valence-electron chi connectivity index (χ0n) is 7.47. The van der Waals surface area contributed by atoms with Gasteiger partial charge in [0.05, 0.1) is 9.40 Å². The van der Waals surface area contributed by atoms with E-state index in [4.69, 9.17) is 9.47 Å². The molecule has 0 fully saturated rings. The smallest absolute Gasteiger partial charge is 0.235 e. The molecule has 0 atom stereocenters. The lowest BCUT2D eigenvalue weighted by atomic mass is 10.2. The molecule has 5 nitrogen and oxygen atoms in total. The number of ether oxygens (including phenoxy) is 2. The van der Waals surface area contributed by atoms with Crippen LogP contribution in [0, 0.1) is 10.1 Å². The average molecular weight is 272 g/mol. The van der Waals surface area contributed by atoms with Crippen molar-refractivity contribution in [2.24, 2.45) is 0 Å². The van der Waals surface area contributed by atoms with Crippen LogP contribution in [-0.4, -0.2) is 11.7 Å². The van der Waals surface area contributed by atoms with Crippen LogP contribution < -0.4 is 9.47 Å². The first-order valence-corrected chi connectivity index (χ1v) is 4.87. The van der Waals surface area contributed by atoms with Crippen LogP contribution in [0.2, 0.25) is 0 Å². The SMILES string of the molecule is O=[N+]([O-])/C=C/c1cc(Br)c2c(c1)OCO2. The van der Waals surface area contributed by atoms with Crippen molar-refractivity contribution in [3.05, 3.63) is 38.5 Å². The van der Waals surface area contributed by atoms with E-state index < -0.39 is 4.92 Å². The van der Waals surface area contributed by atoms with Gasteiger partial charge in [0, 0.05) is 6.08 Å². The van der Waals surface area contributed by atoms with Crippen LogP contribution in [0.4, 0.5) is 0 Å². The topological polar surface area (TPSA) is 61.6 Å². The molecule has 0 unspecified atom stereocenters. The van der Waals surface area contributed by atoms with Gasteiger partial charge in [-0.3, -0.25) is 10.1 Å². The standard InChI is InChI=1S/C9H6BrNO4/c10-7-3-6(1-2-11(12)13)4-8-9(7)15-5-14-8/h1-4H,5H2/b2-1+. The Kier molecular flexibility index (Phi) is 2.59. The van der Waals surface area contributed by atoms with Crippen LogP contribution in [0.15, 0.2) is 22.8 Å². The number of halogens is 1. The van der Waals surface area contributed by atoms with E-state index in [0.717, 1.165) is 10.7 Å². The van der Waals surface area contributed by atoms with Crippen molar-refractivity contribution in [2.45, 2.75) is 0 Å². The normalized spacial score (nSPS) is 13.4. The molecule has 6 heteroatoms. The van der Waals surface area contributed by atoms with E-state index in [1.807, 2.05) is 0 Å². The lowest BCUT2D eigenvalue weighted by molar-refractivity contribution is -0.400. The van der Waals surface area contributed by atoms with Gasteiger partial charge in [0.25, 0.3) is 0 Å². The van der Waals surface area contributed by atoms with Gasteiger partial charge in [0.1, 0.15) is 0 Å². The maximum absolute atomic E-state index is 10.1. The summed E-state index contributed by atoms with van der Waals surface area (Å²) in [5, 5.41) is 10.1. The minimum atomic E-state index is -0.515. The maximum atomic E-state index is 10.1. The summed E-state index contributed by atoms with van der Waals surface area (Å²) >= 11 is 3.30. The molecular weight excluding hydrogens is 266 g/mol. The molecule has 2 rings (SSSR count). The molecule has 15 heavy (non-hydrogen) atoms. The molecule has 1 aromatic carbocycles. The van der Waals surface area contributed by atoms with Crippen molar-refractivity contribution in [1.82, 2.24) is 0 Å². The lowest BCUT2D eigenvalue weighted by Gasteiger charge is -2.00. The van der Waals surface area contributed by atoms with Crippen LogP contribution >= 0.6 is 15.9 Å². The molecule has 0 amide bonds. The monoisotopic (exact) mass is 271 g/mol. The van der Waals surface area contributed by atoms with Crippen LogP contribution in [0.5, 0.6) is 11.5 Å². The summed E-state index contributed by atoms with van der Waals surface area (Å²) in [4.78, 5) is 9.63. The number of benzene rings is 1. The zero-order valence-corrected chi connectivity index (χ0v) is 9.06. The van der Waals surface area contributed by atoms with Gasteiger partial charge >= 0.3 is 0 Å². The number of nitrogens with zero attached hydrogens (tertiary/aromatic N) is 1. The van der Waals surface area contributed by atoms with Crippen molar-refractivity contribution >= 4 is 22.0 Å². The van der Waals surface area contributed by atoms with Gasteiger partial charge in [-0.25, -0.2) is 0 Å². The van der Waals surface area contributed by atoms with Crippen LogP contribution in [0.3, 0.4) is 0 Å². The molecule has 0 N–H and O–H groups in total. The molecule has 78 valence electrons. The largest absolute Gasteiger partial charge is 0.454 e. The molecule has 1 heterocycles. The highest BCUT2D eigenvalue weighted by Gasteiger charge is 2.17. The second-order valence-corrected chi connectivity index (χ2v) is 3.69. The molecule has 0 saturated carbocycles. The van der Waals surface area contributed by atoms with Gasteiger partial charge in [-0.1, -0.05) is 0 Å². The fraction of sp³-hybridized carbons (Fsp3) is 0.111. The minimum absolute atomic E-state index is 0.177. The summed E-state index contributed by atoms with van der Waals surface area (Å²) in [6.07, 6.45) is 2.27. The van der Waals surface area contributed by atoms with E-state index >= 15 is 0 Å². The Labute approximate surface area is 93.6 Å². The molecule has 1 aliphatic rings. The van der Waals surface area contributed by atoms with Crippen LogP contribution in [0.1, 0.15) is 5.56 Å². The van der Waals surface area contributed by atoms with E-state index in [9.17, 15) is 10.1 Å². The van der Waals surface area contributed by atoms with Crippen molar-refractivity contribution in [3.8, 4) is 11.5 Å². The molecular formula is C9H6BrNO4. The summed E-state index contributed by atoms with van der Waals surface area (Å²) in [5.41, 5.74) is 0.683. The third kappa shape index (κ3) is 2.10. The Hall–Kier alpha value is -1.56. The molecule has 0 bridgehead atoms. The molecule has 0 aliphatic carbocycles. The molecule has 0 radical (unpaired) electrons.